The molecular formula is C18H21N3O4. The van der Waals surface area contributed by atoms with Crippen molar-refractivity contribution < 1.29 is 19.2 Å². The SMILES string of the molecule is Cc1noc(-c2ccccc2)c1NC(=O)CN1CCCCC(O)C1=O. The van der Waals surface area contributed by atoms with E-state index in [1.54, 1.807) is 6.92 Å². The third-order valence-corrected chi connectivity index (χ3v) is 4.25. The molecular weight excluding hydrogens is 322 g/mol. The fourth-order valence-corrected chi connectivity index (χ4v) is 2.90. The van der Waals surface area contributed by atoms with E-state index in [-0.39, 0.29) is 12.5 Å². The van der Waals surface area contributed by atoms with Crippen molar-refractivity contribution in [3.8, 4) is 11.3 Å². The first kappa shape index (κ1) is 17.2. The van der Waals surface area contributed by atoms with Crippen LogP contribution in [0.3, 0.4) is 0 Å². The van der Waals surface area contributed by atoms with Crippen LogP contribution in [0.4, 0.5) is 5.69 Å². The van der Waals surface area contributed by atoms with Gasteiger partial charge in [-0.1, -0.05) is 35.5 Å². The molecule has 25 heavy (non-hydrogen) atoms. The molecule has 1 aromatic heterocycles. The standard InChI is InChI=1S/C18H21N3O4/c1-12-16(17(25-20-12)13-7-3-2-4-8-13)19-15(23)11-21-10-6-5-9-14(22)18(21)24/h2-4,7-8,14,22H,5-6,9-11H2,1H3,(H,19,23). The fourth-order valence-electron chi connectivity index (χ4n) is 2.90. The highest BCUT2D eigenvalue weighted by molar-refractivity contribution is 5.98. The Bertz CT molecular complexity index is 757. The molecule has 0 bridgehead atoms. The van der Waals surface area contributed by atoms with Gasteiger partial charge in [-0.25, -0.2) is 0 Å². The lowest BCUT2D eigenvalue weighted by molar-refractivity contribution is -0.141. The van der Waals surface area contributed by atoms with Gasteiger partial charge in [0.15, 0.2) is 5.76 Å². The molecule has 2 heterocycles. The molecule has 7 heteroatoms. The number of benzene rings is 1. The van der Waals surface area contributed by atoms with Crippen LogP contribution in [0, 0.1) is 6.92 Å². The summed E-state index contributed by atoms with van der Waals surface area (Å²) in [4.78, 5) is 25.9. The lowest BCUT2D eigenvalue weighted by Crippen LogP contribution is -2.42. The van der Waals surface area contributed by atoms with Crippen LogP contribution in [0.2, 0.25) is 0 Å². The van der Waals surface area contributed by atoms with Crippen molar-refractivity contribution in [1.82, 2.24) is 10.1 Å². The highest BCUT2D eigenvalue weighted by atomic mass is 16.5. The van der Waals surface area contributed by atoms with E-state index < -0.39 is 12.0 Å². The second kappa shape index (κ2) is 7.48. The number of aliphatic hydroxyl groups is 1. The maximum absolute atomic E-state index is 12.4. The van der Waals surface area contributed by atoms with Crippen molar-refractivity contribution in [2.24, 2.45) is 0 Å². The number of rotatable bonds is 4. The summed E-state index contributed by atoms with van der Waals surface area (Å²) in [6.07, 6.45) is 0.971. The largest absolute Gasteiger partial charge is 0.383 e. The van der Waals surface area contributed by atoms with Crippen molar-refractivity contribution in [2.75, 3.05) is 18.4 Å². The van der Waals surface area contributed by atoms with Gasteiger partial charge in [-0.2, -0.15) is 0 Å². The van der Waals surface area contributed by atoms with Gasteiger partial charge in [-0.15, -0.1) is 0 Å². The minimum absolute atomic E-state index is 0.102. The summed E-state index contributed by atoms with van der Waals surface area (Å²) in [6, 6.07) is 9.36. The topological polar surface area (TPSA) is 95.7 Å². The van der Waals surface area contributed by atoms with E-state index >= 15 is 0 Å². The first-order valence-corrected chi connectivity index (χ1v) is 8.34. The predicted molar refractivity (Wildman–Crippen MR) is 91.7 cm³/mol. The smallest absolute Gasteiger partial charge is 0.251 e. The van der Waals surface area contributed by atoms with Gasteiger partial charge < -0.3 is 19.8 Å². The summed E-state index contributed by atoms with van der Waals surface area (Å²) < 4.78 is 5.35. The lowest BCUT2D eigenvalue weighted by atomic mass is 10.1. The van der Waals surface area contributed by atoms with Crippen molar-refractivity contribution in [3.63, 3.8) is 0 Å². The minimum Gasteiger partial charge on any atom is -0.383 e. The molecule has 0 aliphatic carbocycles. The van der Waals surface area contributed by atoms with Crippen LogP contribution in [0.5, 0.6) is 0 Å². The van der Waals surface area contributed by atoms with E-state index in [9.17, 15) is 14.7 Å². The van der Waals surface area contributed by atoms with Crippen LogP contribution < -0.4 is 5.32 Å². The van der Waals surface area contributed by atoms with Crippen molar-refractivity contribution in [3.05, 3.63) is 36.0 Å². The molecule has 132 valence electrons. The molecule has 0 spiro atoms. The monoisotopic (exact) mass is 343 g/mol. The zero-order valence-corrected chi connectivity index (χ0v) is 14.1. The first-order valence-electron chi connectivity index (χ1n) is 8.34. The number of hydrogen-bond donors (Lipinski definition) is 2. The number of hydrogen-bond acceptors (Lipinski definition) is 5. The van der Waals surface area contributed by atoms with Crippen molar-refractivity contribution >= 4 is 17.5 Å². The number of anilines is 1. The van der Waals surface area contributed by atoms with Gasteiger partial charge in [0.25, 0.3) is 5.91 Å². The quantitative estimate of drug-likeness (QED) is 0.885. The summed E-state index contributed by atoms with van der Waals surface area (Å²) in [7, 11) is 0. The predicted octanol–water partition coefficient (Wildman–Crippen LogP) is 1.96. The van der Waals surface area contributed by atoms with Crippen molar-refractivity contribution in [1.29, 1.82) is 0 Å². The number of aliphatic hydroxyl groups excluding tert-OH is 1. The van der Waals surface area contributed by atoms with Crippen LogP contribution in [0.15, 0.2) is 34.9 Å². The Hall–Kier alpha value is -2.67. The molecule has 0 saturated carbocycles. The summed E-state index contributed by atoms with van der Waals surface area (Å²) in [5.41, 5.74) is 1.87. The van der Waals surface area contributed by atoms with Crippen LogP contribution in [0.1, 0.15) is 25.0 Å². The molecule has 2 aromatic rings. The summed E-state index contributed by atoms with van der Waals surface area (Å²) in [5.74, 6) is -0.252. The van der Waals surface area contributed by atoms with Gasteiger partial charge in [0.1, 0.15) is 17.5 Å². The van der Waals surface area contributed by atoms with Crippen molar-refractivity contribution in [2.45, 2.75) is 32.3 Å². The van der Waals surface area contributed by atoms with Crippen LogP contribution in [-0.2, 0) is 9.59 Å². The average molecular weight is 343 g/mol. The molecule has 2 N–H and O–H groups in total. The number of carbonyl (C=O) groups excluding carboxylic acids is 2. The van der Waals surface area contributed by atoms with E-state index in [4.69, 9.17) is 4.52 Å². The maximum atomic E-state index is 12.4. The Morgan fingerprint density at radius 1 is 1.36 bits per heavy atom. The molecule has 0 radical (unpaired) electrons. The minimum atomic E-state index is -1.02. The van der Waals surface area contributed by atoms with Gasteiger partial charge >= 0.3 is 0 Å². The molecule has 1 saturated heterocycles. The highest BCUT2D eigenvalue weighted by Gasteiger charge is 2.27. The summed E-state index contributed by atoms with van der Waals surface area (Å²) in [5, 5.41) is 16.5. The number of likely N-dealkylation sites (tertiary alicyclic amines) is 1. The van der Waals surface area contributed by atoms with E-state index in [2.05, 4.69) is 10.5 Å². The van der Waals surface area contributed by atoms with Crippen LogP contribution in [0.25, 0.3) is 11.3 Å². The molecule has 1 aromatic carbocycles. The Labute approximate surface area is 145 Å². The highest BCUT2D eigenvalue weighted by Crippen LogP contribution is 2.30. The molecule has 1 atom stereocenters. The second-order valence-electron chi connectivity index (χ2n) is 6.16. The maximum Gasteiger partial charge on any atom is 0.251 e. The lowest BCUT2D eigenvalue weighted by Gasteiger charge is -2.21. The second-order valence-corrected chi connectivity index (χ2v) is 6.16. The Morgan fingerprint density at radius 2 is 2.12 bits per heavy atom. The molecule has 1 unspecified atom stereocenters. The zero-order valence-electron chi connectivity index (χ0n) is 14.1. The van der Waals surface area contributed by atoms with Crippen LogP contribution >= 0.6 is 0 Å². The summed E-state index contributed by atoms with van der Waals surface area (Å²) >= 11 is 0. The van der Waals surface area contributed by atoms with E-state index in [0.29, 0.717) is 30.1 Å². The van der Waals surface area contributed by atoms with Gasteiger partial charge in [-0.3, -0.25) is 9.59 Å². The number of nitrogens with zero attached hydrogens (tertiary/aromatic N) is 2. The third kappa shape index (κ3) is 3.88. The Morgan fingerprint density at radius 3 is 2.88 bits per heavy atom. The van der Waals surface area contributed by atoms with Gasteiger partial charge in [0, 0.05) is 12.1 Å². The van der Waals surface area contributed by atoms with E-state index in [1.165, 1.54) is 4.90 Å². The fraction of sp³-hybridized carbons (Fsp3) is 0.389. The third-order valence-electron chi connectivity index (χ3n) is 4.25. The summed E-state index contributed by atoms with van der Waals surface area (Å²) in [6.45, 7) is 2.11. The van der Waals surface area contributed by atoms with E-state index in [0.717, 1.165) is 18.4 Å². The average Bonchev–Trinajstić information content (AvgIpc) is 2.90. The number of amides is 2. The molecule has 7 nitrogen and oxygen atoms in total. The van der Waals surface area contributed by atoms with Gasteiger partial charge in [-0.05, 0) is 26.2 Å². The Balaban J connectivity index is 1.73. The molecule has 1 aliphatic rings. The molecule has 1 aliphatic heterocycles. The number of aromatic nitrogens is 1. The number of carbonyl (C=O) groups is 2. The number of aryl methyl sites for hydroxylation is 1. The molecule has 2 amide bonds. The normalized spacial score (nSPS) is 18.1. The Kier molecular flexibility index (Phi) is 5.14. The first-order chi connectivity index (χ1) is 12.1. The molecule has 1 fully saturated rings. The van der Waals surface area contributed by atoms with Crippen LogP contribution in [-0.4, -0.2) is 46.2 Å². The van der Waals surface area contributed by atoms with Gasteiger partial charge in [0.2, 0.25) is 5.91 Å². The van der Waals surface area contributed by atoms with E-state index in [1.807, 2.05) is 30.3 Å². The molecule has 3 rings (SSSR count). The zero-order chi connectivity index (χ0) is 17.8. The van der Waals surface area contributed by atoms with Gasteiger partial charge in [0.05, 0.1) is 6.54 Å². The number of nitrogens with one attached hydrogen (secondary N) is 1.